The van der Waals surface area contributed by atoms with Gasteiger partial charge in [0.15, 0.2) is 0 Å². The lowest BCUT2D eigenvalue weighted by Gasteiger charge is -2.32. The van der Waals surface area contributed by atoms with Crippen molar-refractivity contribution >= 4 is 22.0 Å². The van der Waals surface area contributed by atoms with Crippen molar-refractivity contribution in [2.45, 2.75) is 38.6 Å². The highest BCUT2D eigenvalue weighted by atomic mass is 79.9. The van der Waals surface area contributed by atoms with E-state index in [9.17, 15) is 9.59 Å². The van der Waals surface area contributed by atoms with Crippen LogP contribution in [0, 0.1) is 0 Å². The second kappa shape index (κ2) is 7.64. The Morgan fingerprint density at radius 2 is 2.14 bits per heavy atom. The Morgan fingerprint density at radius 1 is 1.43 bits per heavy atom. The molecule has 1 aliphatic heterocycles. The lowest BCUT2D eigenvalue weighted by atomic mass is 10.1. The molecule has 0 aromatic carbocycles. The van der Waals surface area contributed by atoms with Crippen LogP contribution in [0.4, 0.5) is 4.79 Å². The Kier molecular flexibility index (Phi) is 5.85. The Morgan fingerprint density at radius 3 is 2.76 bits per heavy atom. The monoisotopic (exact) mass is 356 g/mol. The number of rotatable bonds is 4. The topological polar surface area (TPSA) is 51.5 Å². The summed E-state index contributed by atoms with van der Waals surface area (Å²) in [4.78, 5) is 25.5. The molecule has 1 aromatic heterocycles. The number of amides is 1. The highest BCUT2D eigenvalue weighted by molar-refractivity contribution is 9.10. The van der Waals surface area contributed by atoms with E-state index in [0.29, 0.717) is 19.7 Å². The maximum atomic E-state index is 12.0. The van der Waals surface area contributed by atoms with Gasteiger partial charge < -0.3 is 14.2 Å². The first-order valence-electron chi connectivity index (χ1n) is 7.41. The third-order valence-corrected chi connectivity index (χ3v) is 4.24. The summed E-state index contributed by atoms with van der Waals surface area (Å²) in [6, 6.07) is 3.60. The van der Waals surface area contributed by atoms with Crippen molar-refractivity contribution in [3.63, 3.8) is 0 Å². The molecule has 5 nitrogen and oxygen atoms in total. The minimum atomic E-state index is -0.231. The van der Waals surface area contributed by atoms with E-state index in [1.807, 2.05) is 12.3 Å². The summed E-state index contributed by atoms with van der Waals surface area (Å²) in [7, 11) is 0. The van der Waals surface area contributed by atoms with Crippen molar-refractivity contribution < 1.29 is 9.53 Å². The van der Waals surface area contributed by atoms with Gasteiger partial charge >= 0.3 is 6.09 Å². The molecule has 1 fully saturated rings. The number of hydrogen-bond donors (Lipinski definition) is 0. The number of hydrogen-bond acceptors (Lipinski definition) is 3. The number of halogens is 1. The van der Waals surface area contributed by atoms with Crippen molar-refractivity contribution in [3.8, 4) is 0 Å². The molecule has 1 aromatic rings. The fourth-order valence-corrected chi connectivity index (χ4v) is 2.80. The van der Waals surface area contributed by atoms with Crippen LogP contribution in [-0.2, 0) is 4.74 Å². The largest absolute Gasteiger partial charge is 0.449 e. The predicted octanol–water partition coefficient (Wildman–Crippen LogP) is 3.18. The Balaban J connectivity index is 1.88. The molecule has 0 bridgehead atoms. The number of nitrogens with zero attached hydrogens (tertiary/aromatic N) is 2. The zero-order valence-corrected chi connectivity index (χ0v) is 13.8. The molecule has 0 radical (unpaired) electrons. The molecule has 1 saturated heterocycles. The van der Waals surface area contributed by atoms with Crippen LogP contribution in [0.15, 0.2) is 27.6 Å². The van der Waals surface area contributed by atoms with Crippen molar-refractivity contribution in [1.29, 1.82) is 0 Å². The van der Waals surface area contributed by atoms with Crippen LogP contribution < -0.4 is 5.56 Å². The second-order valence-corrected chi connectivity index (χ2v) is 6.19. The summed E-state index contributed by atoms with van der Waals surface area (Å²) >= 11 is 3.30. The van der Waals surface area contributed by atoms with Crippen LogP contribution in [0.5, 0.6) is 0 Å². The van der Waals surface area contributed by atoms with E-state index in [0.717, 1.165) is 30.2 Å². The fraction of sp³-hybridized carbons (Fsp3) is 0.600. The Bertz CT molecular complexity index is 536. The van der Waals surface area contributed by atoms with Crippen molar-refractivity contribution in [3.05, 3.63) is 33.2 Å². The van der Waals surface area contributed by atoms with Gasteiger partial charge in [0, 0.05) is 35.9 Å². The molecule has 0 unspecified atom stereocenters. The number of ether oxygens (including phenoxy) is 1. The molecule has 0 N–H and O–H groups in total. The van der Waals surface area contributed by atoms with Gasteiger partial charge in [-0.2, -0.15) is 0 Å². The van der Waals surface area contributed by atoms with Gasteiger partial charge in [0.1, 0.15) is 0 Å². The molecule has 116 valence electrons. The van der Waals surface area contributed by atoms with Crippen LogP contribution in [0.2, 0.25) is 0 Å². The molecule has 0 atom stereocenters. The minimum absolute atomic E-state index is 0.00616. The van der Waals surface area contributed by atoms with Crippen LogP contribution in [0.1, 0.15) is 38.6 Å². The normalized spacial score (nSPS) is 16.0. The van der Waals surface area contributed by atoms with E-state index in [2.05, 4.69) is 22.9 Å². The molecule has 21 heavy (non-hydrogen) atoms. The van der Waals surface area contributed by atoms with Gasteiger partial charge in [0.2, 0.25) is 0 Å². The quantitative estimate of drug-likeness (QED) is 0.778. The molecular weight excluding hydrogens is 336 g/mol. The molecular formula is C15H21BrN2O3. The van der Waals surface area contributed by atoms with Crippen molar-refractivity contribution in [2.24, 2.45) is 0 Å². The van der Waals surface area contributed by atoms with Gasteiger partial charge in [-0.1, -0.05) is 29.3 Å². The molecule has 0 aliphatic carbocycles. The summed E-state index contributed by atoms with van der Waals surface area (Å²) in [5.41, 5.74) is -0.00616. The molecule has 0 saturated carbocycles. The first kappa shape index (κ1) is 16.1. The maximum Gasteiger partial charge on any atom is 0.409 e. The SMILES string of the molecule is CCCCOC(=O)N1CCC(n2ccc(Br)cc2=O)CC1. The maximum absolute atomic E-state index is 12.0. The van der Waals surface area contributed by atoms with Gasteiger partial charge in [-0.3, -0.25) is 4.79 Å². The third-order valence-electron chi connectivity index (χ3n) is 3.75. The van der Waals surface area contributed by atoms with E-state index in [-0.39, 0.29) is 17.7 Å². The third kappa shape index (κ3) is 4.33. The van der Waals surface area contributed by atoms with Gasteiger partial charge in [-0.15, -0.1) is 0 Å². The molecule has 6 heteroatoms. The molecule has 1 amide bonds. The van der Waals surface area contributed by atoms with E-state index >= 15 is 0 Å². The first-order chi connectivity index (χ1) is 10.1. The number of carbonyl (C=O) groups is 1. The minimum Gasteiger partial charge on any atom is -0.449 e. The molecule has 2 heterocycles. The summed E-state index contributed by atoms with van der Waals surface area (Å²) in [6.07, 6.45) is 5.06. The van der Waals surface area contributed by atoms with Crippen molar-refractivity contribution in [1.82, 2.24) is 9.47 Å². The lowest BCUT2D eigenvalue weighted by Crippen LogP contribution is -2.41. The second-order valence-electron chi connectivity index (χ2n) is 5.28. The molecule has 0 spiro atoms. The summed E-state index contributed by atoms with van der Waals surface area (Å²) in [5, 5.41) is 0. The summed E-state index contributed by atoms with van der Waals surface area (Å²) in [6.45, 7) is 3.83. The van der Waals surface area contributed by atoms with Crippen molar-refractivity contribution in [2.75, 3.05) is 19.7 Å². The number of pyridine rings is 1. The predicted molar refractivity (Wildman–Crippen MR) is 84.5 cm³/mol. The zero-order valence-electron chi connectivity index (χ0n) is 12.3. The number of carbonyl (C=O) groups excluding carboxylic acids is 1. The highest BCUT2D eigenvalue weighted by Crippen LogP contribution is 2.22. The molecule has 1 aliphatic rings. The summed E-state index contributed by atoms with van der Waals surface area (Å²) < 4.78 is 7.76. The van der Waals surface area contributed by atoms with Gasteiger partial charge in [-0.05, 0) is 25.3 Å². The number of piperidine rings is 1. The van der Waals surface area contributed by atoms with E-state index < -0.39 is 0 Å². The van der Waals surface area contributed by atoms with Crippen LogP contribution in [0.3, 0.4) is 0 Å². The summed E-state index contributed by atoms with van der Waals surface area (Å²) in [5.74, 6) is 0. The van der Waals surface area contributed by atoms with Crippen LogP contribution in [0.25, 0.3) is 0 Å². The average Bonchev–Trinajstić information content (AvgIpc) is 2.48. The average molecular weight is 357 g/mol. The van der Waals surface area contributed by atoms with Gasteiger partial charge in [-0.25, -0.2) is 4.79 Å². The standard InChI is InChI=1S/C15H21BrN2O3/c1-2-3-10-21-15(20)17-7-5-13(6-8-17)18-9-4-12(16)11-14(18)19/h4,9,11,13H,2-3,5-8,10H2,1H3. The fourth-order valence-electron chi connectivity index (χ4n) is 2.49. The lowest BCUT2D eigenvalue weighted by molar-refractivity contribution is 0.0872. The number of aromatic nitrogens is 1. The first-order valence-corrected chi connectivity index (χ1v) is 8.20. The Labute approximate surface area is 133 Å². The number of likely N-dealkylation sites (tertiary alicyclic amines) is 1. The number of unbranched alkanes of at least 4 members (excludes halogenated alkanes) is 1. The van der Waals surface area contributed by atoms with E-state index in [4.69, 9.17) is 4.74 Å². The molecule has 2 rings (SSSR count). The Hall–Kier alpha value is -1.30. The van der Waals surface area contributed by atoms with Crippen LogP contribution in [-0.4, -0.2) is 35.3 Å². The van der Waals surface area contributed by atoms with Gasteiger partial charge in [0.05, 0.1) is 6.61 Å². The van der Waals surface area contributed by atoms with Gasteiger partial charge in [0.25, 0.3) is 5.56 Å². The zero-order chi connectivity index (χ0) is 15.2. The van der Waals surface area contributed by atoms with E-state index in [1.165, 1.54) is 0 Å². The van der Waals surface area contributed by atoms with E-state index in [1.54, 1.807) is 15.5 Å². The highest BCUT2D eigenvalue weighted by Gasteiger charge is 2.24. The smallest absolute Gasteiger partial charge is 0.409 e. The van der Waals surface area contributed by atoms with Crippen LogP contribution >= 0.6 is 15.9 Å².